The second-order valence-electron chi connectivity index (χ2n) is 7.21. The Morgan fingerprint density at radius 1 is 1.08 bits per heavy atom. The van der Waals surface area contributed by atoms with E-state index < -0.39 is 23.3 Å². The molecule has 0 spiro atoms. The third-order valence-corrected chi connectivity index (χ3v) is 3.29. The average molecular weight is 374 g/mol. The number of anilines is 2. The summed E-state index contributed by atoms with van der Waals surface area (Å²) in [5.41, 5.74) is -0.892. The fourth-order valence-corrected chi connectivity index (χ4v) is 2.16. The number of rotatable bonds is 4. The Hall–Kier alpha value is -2.45. The van der Waals surface area contributed by atoms with E-state index in [0.29, 0.717) is 5.69 Å². The molecule has 0 atom stereocenters. The summed E-state index contributed by atoms with van der Waals surface area (Å²) in [6.07, 6.45) is -4.52. The zero-order valence-corrected chi connectivity index (χ0v) is 15.8. The SMILES string of the molecule is CN(CC(=O)NC(C)(C)C)C(=O)Nc1cc(C(F)(F)F)ccc1N(C)C. The lowest BCUT2D eigenvalue weighted by Gasteiger charge is -2.25. The smallest absolute Gasteiger partial charge is 0.376 e. The van der Waals surface area contributed by atoms with Crippen molar-refractivity contribution in [1.29, 1.82) is 0 Å². The van der Waals surface area contributed by atoms with Crippen molar-refractivity contribution in [1.82, 2.24) is 10.2 Å². The Morgan fingerprint density at radius 2 is 1.65 bits per heavy atom. The second kappa shape index (κ2) is 7.84. The van der Waals surface area contributed by atoms with Crippen molar-refractivity contribution in [2.75, 3.05) is 37.9 Å². The molecule has 0 fully saturated rings. The van der Waals surface area contributed by atoms with Crippen molar-refractivity contribution in [2.45, 2.75) is 32.5 Å². The number of halogens is 3. The van der Waals surface area contributed by atoms with Crippen molar-refractivity contribution >= 4 is 23.3 Å². The first-order valence-electron chi connectivity index (χ1n) is 7.92. The van der Waals surface area contributed by atoms with Crippen molar-refractivity contribution < 1.29 is 22.8 Å². The topological polar surface area (TPSA) is 64.7 Å². The van der Waals surface area contributed by atoms with E-state index in [1.807, 2.05) is 0 Å². The highest BCUT2D eigenvalue weighted by Crippen LogP contribution is 2.35. The second-order valence-corrected chi connectivity index (χ2v) is 7.21. The normalized spacial score (nSPS) is 11.7. The third-order valence-electron chi connectivity index (χ3n) is 3.29. The maximum atomic E-state index is 12.9. The predicted octanol–water partition coefficient (Wildman–Crippen LogP) is 3.15. The van der Waals surface area contributed by atoms with E-state index in [9.17, 15) is 22.8 Å². The van der Waals surface area contributed by atoms with Gasteiger partial charge >= 0.3 is 12.2 Å². The molecule has 0 aliphatic heterocycles. The van der Waals surface area contributed by atoms with E-state index in [-0.39, 0.29) is 18.1 Å². The summed E-state index contributed by atoms with van der Waals surface area (Å²) in [5.74, 6) is -0.368. The number of carbonyl (C=O) groups excluding carboxylic acids is 2. The first-order valence-corrected chi connectivity index (χ1v) is 7.92. The lowest BCUT2D eigenvalue weighted by Crippen LogP contribution is -2.47. The summed E-state index contributed by atoms with van der Waals surface area (Å²) >= 11 is 0. The number of hydrogen-bond donors (Lipinski definition) is 2. The molecule has 0 saturated heterocycles. The van der Waals surface area contributed by atoms with Crippen molar-refractivity contribution in [3.05, 3.63) is 23.8 Å². The van der Waals surface area contributed by atoms with Gasteiger partial charge in [0.1, 0.15) is 6.54 Å². The number of amides is 3. The van der Waals surface area contributed by atoms with Crippen LogP contribution >= 0.6 is 0 Å². The highest BCUT2D eigenvalue weighted by atomic mass is 19.4. The van der Waals surface area contributed by atoms with Gasteiger partial charge in [-0.25, -0.2) is 4.79 Å². The maximum Gasteiger partial charge on any atom is 0.416 e. The highest BCUT2D eigenvalue weighted by molar-refractivity contribution is 5.95. The molecule has 0 unspecified atom stereocenters. The molecule has 0 heterocycles. The van der Waals surface area contributed by atoms with Crippen LogP contribution in [0.15, 0.2) is 18.2 Å². The van der Waals surface area contributed by atoms with E-state index in [4.69, 9.17) is 0 Å². The summed E-state index contributed by atoms with van der Waals surface area (Å²) in [6, 6.07) is 2.42. The monoisotopic (exact) mass is 374 g/mol. The van der Waals surface area contributed by atoms with Gasteiger partial charge in [-0.1, -0.05) is 0 Å². The number of nitrogens with one attached hydrogen (secondary N) is 2. The fourth-order valence-electron chi connectivity index (χ4n) is 2.16. The maximum absolute atomic E-state index is 12.9. The Morgan fingerprint density at radius 3 is 2.12 bits per heavy atom. The van der Waals surface area contributed by atoms with E-state index >= 15 is 0 Å². The van der Waals surface area contributed by atoms with Crippen LogP contribution in [0.1, 0.15) is 26.3 Å². The van der Waals surface area contributed by atoms with Gasteiger partial charge in [-0.3, -0.25) is 4.79 Å². The van der Waals surface area contributed by atoms with Crippen molar-refractivity contribution in [3.8, 4) is 0 Å². The largest absolute Gasteiger partial charge is 0.416 e. The van der Waals surface area contributed by atoms with Crippen LogP contribution in [0.3, 0.4) is 0 Å². The lowest BCUT2D eigenvalue weighted by atomic mass is 10.1. The molecule has 0 bridgehead atoms. The number of benzene rings is 1. The van der Waals surface area contributed by atoms with Gasteiger partial charge in [0.25, 0.3) is 0 Å². The molecule has 0 saturated carbocycles. The van der Waals surface area contributed by atoms with E-state index in [1.54, 1.807) is 39.8 Å². The molecule has 0 aliphatic rings. The highest BCUT2D eigenvalue weighted by Gasteiger charge is 2.31. The summed E-state index contributed by atoms with van der Waals surface area (Å²) in [5, 5.41) is 5.15. The van der Waals surface area contributed by atoms with Crippen molar-refractivity contribution in [3.63, 3.8) is 0 Å². The van der Waals surface area contributed by atoms with E-state index in [2.05, 4.69) is 10.6 Å². The van der Waals surface area contributed by atoms with Gasteiger partial charge in [0, 0.05) is 26.7 Å². The van der Waals surface area contributed by atoms with Crippen LogP contribution in [0.5, 0.6) is 0 Å². The number of nitrogens with zero attached hydrogens (tertiary/aromatic N) is 2. The molecule has 1 aromatic rings. The van der Waals surface area contributed by atoms with Gasteiger partial charge in [-0.2, -0.15) is 13.2 Å². The molecule has 6 nitrogen and oxygen atoms in total. The van der Waals surface area contributed by atoms with Gasteiger partial charge in [0.2, 0.25) is 5.91 Å². The van der Waals surface area contributed by atoms with Gasteiger partial charge in [0.05, 0.1) is 16.9 Å². The number of carbonyl (C=O) groups is 2. The summed E-state index contributed by atoms with van der Waals surface area (Å²) in [7, 11) is 4.69. The minimum atomic E-state index is -4.52. The summed E-state index contributed by atoms with van der Waals surface area (Å²) < 4.78 is 38.8. The van der Waals surface area contributed by atoms with Crippen LogP contribution in [0, 0.1) is 0 Å². The molecule has 26 heavy (non-hydrogen) atoms. The standard InChI is InChI=1S/C17H25F3N4O2/c1-16(2,3)22-14(25)10-24(6)15(26)21-12-9-11(17(18,19)20)7-8-13(12)23(4)5/h7-9H,10H2,1-6H3,(H,21,26)(H,22,25). The van der Waals surface area contributed by atoms with Gasteiger partial charge < -0.3 is 20.4 Å². The minimum absolute atomic E-state index is 0.0119. The molecule has 2 N–H and O–H groups in total. The fraction of sp³-hybridized carbons (Fsp3) is 0.529. The van der Waals surface area contributed by atoms with Gasteiger partial charge in [0.15, 0.2) is 0 Å². The first-order chi connectivity index (χ1) is 11.7. The molecule has 0 aliphatic carbocycles. The van der Waals surface area contributed by atoms with Crippen LogP contribution in [0.4, 0.5) is 29.3 Å². The van der Waals surface area contributed by atoms with Crippen molar-refractivity contribution in [2.24, 2.45) is 0 Å². The molecular formula is C17H25F3N4O2. The third kappa shape index (κ3) is 6.45. The molecular weight excluding hydrogens is 349 g/mol. The van der Waals surface area contributed by atoms with Crippen LogP contribution in [-0.2, 0) is 11.0 Å². The first kappa shape index (κ1) is 21.6. The Balaban J connectivity index is 2.95. The average Bonchev–Trinajstić information content (AvgIpc) is 2.43. The Labute approximate surface area is 151 Å². The zero-order valence-electron chi connectivity index (χ0n) is 15.8. The summed E-state index contributed by atoms with van der Waals surface area (Å²) in [6.45, 7) is 5.18. The summed E-state index contributed by atoms with van der Waals surface area (Å²) in [4.78, 5) is 26.9. The van der Waals surface area contributed by atoms with Crippen LogP contribution < -0.4 is 15.5 Å². The molecule has 0 aromatic heterocycles. The van der Waals surface area contributed by atoms with Gasteiger partial charge in [-0.15, -0.1) is 0 Å². The van der Waals surface area contributed by atoms with E-state index in [0.717, 1.165) is 17.0 Å². The number of urea groups is 1. The molecule has 9 heteroatoms. The molecule has 146 valence electrons. The van der Waals surface area contributed by atoms with E-state index in [1.165, 1.54) is 13.1 Å². The Bertz CT molecular complexity index is 667. The van der Waals surface area contributed by atoms with Crippen LogP contribution in [-0.4, -0.2) is 50.1 Å². The molecule has 1 rings (SSSR count). The number of likely N-dealkylation sites (N-methyl/N-ethyl adjacent to an activating group) is 1. The minimum Gasteiger partial charge on any atom is -0.376 e. The van der Waals surface area contributed by atoms with Crippen LogP contribution in [0.2, 0.25) is 0 Å². The molecule has 0 radical (unpaired) electrons. The zero-order chi connectivity index (χ0) is 20.3. The number of hydrogen-bond acceptors (Lipinski definition) is 3. The Kier molecular flexibility index (Phi) is 6.51. The molecule has 1 aromatic carbocycles. The van der Waals surface area contributed by atoms with Crippen LogP contribution in [0.25, 0.3) is 0 Å². The quantitative estimate of drug-likeness (QED) is 0.851. The predicted molar refractivity (Wildman–Crippen MR) is 95.3 cm³/mol. The van der Waals surface area contributed by atoms with Gasteiger partial charge in [-0.05, 0) is 39.0 Å². The lowest BCUT2D eigenvalue weighted by molar-refractivity contribution is -0.137. The molecule has 3 amide bonds. The number of alkyl halides is 3.